The monoisotopic (exact) mass is 415 g/mol. The lowest BCUT2D eigenvalue weighted by atomic mass is 10.1. The Kier molecular flexibility index (Phi) is 5.46. The molecular weight excluding hydrogens is 398 g/mol. The molecule has 3 aromatic carbocycles. The molecule has 0 saturated carbocycles. The molecule has 30 heavy (non-hydrogen) atoms. The van der Waals surface area contributed by atoms with Crippen LogP contribution in [0.3, 0.4) is 0 Å². The lowest BCUT2D eigenvalue weighted by molar-refractivity contribution is 0.101. The van der Waals surface area contributed by atoms with Crippen molar-refractivity contribution in [1.82, 2.24) is 4.98 Å². The number of carbonyl (C=O) groups is 2. The second-order valence-corrected chi connectivity index (χ2v) is 7.19. The first-order valence-corrected chi connectivity index (χ1v) is 9.73. The van der Waals surface area contributed by atoms with Crippen LogP contribution in [-0.4, -0.2) is 16.8 Å². The highest BCUT2D eigenvalue weighted by molar-refractivity contribution is 6.34. The third-order valence-electron chi connectivity index (χ3n) is 4.66. The minimum atomic E-state index is -0.356. The first-order chi connectivity index (χ1) is 14.5. The van der Waals surface area contributed by atoms with Gasteiger partial charge in [-0.15, -0.1) is 0 Å². The van der Waals surface area contributed by atoms with Crippen molar-refractivity contribution in [2.45, 2.75) is 6.92 Å². The van der Waals surface area contributed by atoms with Crippen molar-refractivity contribution >= 4 is 45.7 Å². The minimum Gasteiger partial charge on any atom is -0.322 e. The molecule has 0 bridgehead atoms. The first-order valence-electron chi connectivity index (χ1n) is 9.35. The fourth-order valence-electron chi connectivity index (χ4n) is 3.14. The van der Waals surface area contributed by atoms with Gasteiger partial charge in [-0.25, -0.2) is 0 Å². The maximum Gasteiger partial charge on any atom is 0.257 e. The lowest BCUT2D eigenvalue weighted by Crippen LogP contribution is -2.16. The number of aryl methyl sites for hydroxylation is 1. The Morgan fingerprint density at radius 2 is 1.43 bits per heavy atom. The van der Waals surface area contributed by atoms with Crippen LogP contribution in [-0.2, 0) is 0 Å². The van der Waals surface area contributed by atoms with E-state index in [1.54, 1.807) is 37.3 Å². The second kappa shape index (κ2) is 8.35. The summed E-state index contributed by atoms with van der Waals surface area (Å²) in [6.07, 6.45) is 0. The van der Waals surface area contributed by atoms with Crippen LogP contribution in [0.5, 0.6) is 0 Å². The van der Waals surface area contributed by atoms with Crippen molar-refractivity contribution in [2.75, 3.05) is 10.6 Å². The molecule has 0 atom stereocenters. The van der Waals surface area contributed by atoms with Gasteiger partial charge < -0.3 is 10.6 Å². The molecule has 2 amide bonds. The number of fused-ring (bicyclic) bond motifs is 1. The van der Waals surface area contributed by atoms with Gasteiger partial charge in [-0.3, -0.25) is 14.6 Å². The van der Waals surface area contributed by atoms with Gasteiger partial charge in [0.15, 0.2) is 0 Å². The first kappa shape index (κ1) is 19.6. The van der Waals surface area contributed by atoms with Crippen LogP contribution >= 0.6 is 11.6 Å². The molecule has 6 heteroatoms. The summed E-state index contributed by atoms with van der Waals surface area (Å²) in [6.45, 7) is 1.79. The number of anilines is 2. The van der Waals surface area contributed by atoms with Crippen molar-refractivity contribution < 1.29 is 9.59 Å². The van der Waals surface area contributed by atoms with Gasteiger partial charge in [0, 0.05) is 16.8 Å². The van der Waals surface area contributed by atoms with Crippen LogP contribution in [0.4, 0.5) is 11.4 Å². The van der Waals surface area contributed by atoms with E-state index in [2.05, 4.69) is 15.6 Å². The summed E-state index contributed by atoms with van der Waals surface area (Å²) in [5.74, 6) is -0.659. The molecular formula is C24H18ClN3O2. The number of hydrogen-bond acceptors (Lipinski definition) is 3. The van der Waals surface area contributed by atoms with E-state index in [0.717, 1.165) is 10.9 Å². The van der Waals surface area contributed by atoms with Crippen LogP contribution in [0, 0.1) is 6.92 Å². The van der Waals surface area contributed by atoms with Gasteiger partial charge in [0.2, 0.25) is 0 Å². The number of para-hydroxylation sites is 2. The molecule has 2 N–H and O–H groups in total. The molecule has 0 spiro atoms. The summed E-state index contributed by atoms with van der Waals surface area (Å²) in [5.41, 5.74) is 3.33. The van der Waals surface area contributed by atoms with E-state index < -0.39 is 0 Å². The zero-order chi connectivity index (χ0) is 21.1. The molecule has 0 aliphatic rings. The molecule has 1 aromatic heterocycles. The molecule has 0 aliphatic carbocycles. The Hall–Kier alpha value is -3.70. The van der Waals surface area contributed by atoms with Gasteiger partial charge in [-0.1, -0.05) is 48.0 Å². The highest BCUT2D eigenvalue weighted by atomic mass is 35.5. The number of carbonyl (C=O) groups excluding carboxylic acids is 2. The van der Waals surface area contributed by atoms with Crippen LogP contribution in [0.15, 0.2) is 78.9 Å². The van der Waals surface area contributed by atoms with Crippen molar-refractivity contribution in [2.24, 2.45) is 0 Å². The van der Waals surface area contributed by atoms with Gasteiger partial charge in [-0.05, 0) is 49.4 Å². The average Bonchev–Trinajstić information content (AvgIpc) is 2.75. The predicted molar refractivity (Wildman–Crippen MR) is 120 cm³/mol. The van der Waals surface area contributed by atoms with Gasteiger partial charge in [0.25, 0.3) is 11.8 Å². The van der Waals surface area contributed by atoms with E-state index in [9.17, 15) is 9.59 Å². The van der Waals surface area contributed by atoms with Crippen molar-refractivity contribution in [3.8, 4) is 0 Å². The van der Waals surface area contributed by atoms with Crippen molar-refractivity contribution in [3.63, 3.8) is 0 Å². The van der Waals surface area contributed by atoms with E-state index in [-0.39, 0.29) is 17.4 Å². The minimum absolute atomic E-state index is 0.270. The summed E-state index contributed by atoms with van der Waals surface area (Å²) >= 11 is 6.22. The third-order valence-corrected chi connectivity index (χ3v) is 4.99. The summed E-state index contributed by atoms with van der Waals surface area (Å²) in [6, 6.07) is 23.3. The maximum absolute atomic E-state index is 12.9. The van der Waals surface area contributed by atoms with E-state index >= 15 is 0 Å². The second-order valence-electron chi connectivity index (χ2n) is 6.78. The van der Waals surface area contributed by atoms with Crippen LogP contribution < -0.4 is 10.6 Å². The van der Waals surface area contributed by atoms with E-state index in [1.807, 2.05) is 48.5 Å². The smallest absolute Gasteiger partial charge is 0.257 e. The number of aromatic nitrogens is 1. The van der Waals surface area contributed by atoms with E-state index in [1.165, 1.54) is 0 Å². The molecule has 5 nitrogen and oxygen atoms in total. The number of nitrogens with zero attached hydrogens (tertiary/aromatic N) is 1. The van der Waals surface area contributed by atoms with Crippen molar-refractivity contribution in [1.29, 1.82) is 0 Å². The third kappa shape index (κ3) is 4.16. The number of halogens is 1. The van der Waals surface area contributed by atoms with Crippen LogP contribution in [0.2, 0.25) is 5.02 Å². The molecule has 0 radical (unpaired) electrons. The molecule has 0 unspecified atom stereocenters. The molecule has 0 fully saturated rings. The molecule has 4 aromatic rings. The van der Waals surface area contributed by atoms with Gasteiger partial charge in [0.05, 0.1) is 27.4 Å². The summed E-state index contributed by atoms with van der Waals surface area (Å²) in [4.78, 5) is 30.0. The molecule has 4 rings (SSSR count). The van der Waals surface area contributed by atoms with Crippen molar-refractivity contribution in [3.05, 3.63) is 101 Å². The highest BCUT2D eigenvalue weighted by Gasteiger charge is 2.15. The number of amides is 2. The predicted octanol–water partition coefficient (Wildman–Crippen LogP) is 5.70. The zero-order valence-corrected chi connectivity index (χ0v) is 16.9. The Morgan fingerprint density at radius 1 is 0.767 bits per heavy atom. The average molecular weight is 416 g/mol. The molecule has 0 aliphatic heterocycles. The summed E-state index contributed by atoms with van der Waals surface area (Å²) in [7, 11) is 0. The fraction of sp³-hybridized carbons (Fsp3) is 0.0417. The van der Waals surface area contributed by atoms with Crippen LogP contribution in [0.25, 0.3) is 10.9 Å². The van der Waals surface area contributed by atoms with E-state index in [0.29, 0.717) is 27.7 Å². The van der Waals surface area contributed by atoms with Crippen LogP contribution in [0.1, 0.15) is 26.4 Å². The number of pyridine rings is 1. The summed E-state index contributed by atoms with van der Waals surface area (Å²) < 4.78 is 0. The van der Waals surface area contributed by atoms with Gasteiger partial charge >= 0.3 is 0 Å². The highest BCUT2D eigenvalue weighted by Crippen LogP contribution is 2.23. The zero-order valence-electron chi connectivity index (χ0n) is 16.1. The van der Waals surface area contributed by atoms with Gasteiger partial charge in [0.1, 0.15) is 0 Å². The topological polar surface area (TPSA) is 71.1 Å². The summed E-state index contributed by atoms with van der Waals surface area (Å²) in [5, 5.41) is 6.80. The number of hydrogen-bond donors (Lipinski definition) is 2. The Bertz CT molecular complexity index is 1260. The molecule has 0 saturated heterocycles. The normalized spacial score (nSPS) is 10.6. The quantitative estimate of drug-likeness (QED) is 0.449. The SMILES string of the molecule is Cc1nc2ccccc2cc1C(=O)Nc1ccc(Cl)c(C(=O)Nc2ccccc2)c1. The van der Waals surface area contributed by atoms with Gasteiger partial charge in [-0.2, -0.15) is 0 Å². The molecule has 148 valence electrons. The lowest BCUT2D eigenvalue weighted by Gasteiger charge is -2.11. The maximum atomic E-state index is 12.9. The number of rotatable bonds is 4. The molecule has 1 heterocycles. The number of benzene rings is 3. The Balaban J connectivity index is 1.58. The fourth-order valence-corrected chi connectivity index (χ4v) is 3.34. The largest absolute Gasteiger partial charge is 0.322 e. The Morgan fingerprint density at radius 3 is 2.23 bits per heavy atom. The standard InChI is InChI=1S/C24H18ClN3O2/c1-15-19(13-16-7-5-6-10-22(16)26-15)23(29)28-18-11-12-21(25)20(14-18)24(30)27-17-8-3-2-4-9-17/h2-14H,1H3,(H,27,30)(H,28,29). The number of nitrogens with one attached hydrogen (secondary N) is 2. The Labute approximate surface area is 178 Å². The van der Waals surface area contributed by atoms with E-state index in [4.69, 9.17) is 11.6 Å².